The number of sulfone groups is 1. The lowest BCUT2D eigenvalue weighted by Crippen LogP contribution is -2.53. The van der Waals surface area contributed by atoms with Gasteiger partial charge in [-0.25, -0.2) is 8.42 Å². The lowest BCUT2D eigenvalue weighted by Gasteiger charge is -2.30. The zero-order chi connectivity index (χ0) is 18.1. The number of nitrogens with one attached hydrogen (secondary N) is 1. The van der Waals surface area contributed by atoms with Gasteiger partial charge in [-0.3, -0.25) is 9.69 Å². The van der Waals surface area contributed by atoms with Gasteiger partial charge in [-0.1, -0.05) is 12.1 Å². The molecule has 0 spiro atoms. The number of nitrogens with two attached hydrogens (primary N) is 1. The van der Waals surface area contributed by atoms with E-state index in [0.29, 0.717) is 37.7 Å². The predicted molar refractivity (Wildman–Crippen MR) is 113 cm³/mol. The maximum Gasteiger partial charge on any atom is 0.251 e. The van der Waals surface area contributed by atoms with Gasteiger partial charge >= 0.3 is 0 Å². The van der Waals surface area contributed by atoms with E-state index in [4.69, 9.17) is 5.73 Å². The summed E-state index contributed by atoms with van der Waals surface area (Å²) in [6.07, 6.45) is 2.23. The molecule has 2 fully saturated rings. The Kier molecular flexibility index (Phi) is 8.56. The molecule has 1 saturated carbocycles. The minimum Gasteiger partial charge on any atom is -0.345 e. The first-order chi connectivity index (χ1) is 11.8. The number of amides is 1. The second-order valence-corrected chi connectivity index (χ2v) is 9.78. The molecule has 0 bridgehead atoms. The highest BCUT2D eigenvalue weighted by molar-refractivity contribution is 7.91. The molecule has 154 valence electrons. The Hall–Kier alpha value is -0.860. The number of carbonyl (C=O) groups excluding carboxylic acids is 1. The van der Waals surface area contributed by atoms with Crippen LogP contribution in [0.3, 0.4) is 0 Å². The minimum absolute atomic E-state index is 0. The van der Waals surface area contributed by atoms with Crippen LogP contribution in [0.15, 0.2) is 24.3 Å². The van der Waals surface area contributed by atoms with Gasteiger partial charge in [0.2, 0.25) is 0 Å². The molecule has 1 heterocycles. The molecule has 6 nitrogen and oxygen atoms in total. The number of nitrogens with zero attached hydrogens (tertiary/aromatic N) is 1. The summed E-state index contributed by atoms with van der Waals surface area (Å²) in [4.78, 5) is 14.7. The van der Waals surface area contributed by atoms with Crippen LogP contribution in [0.5, 0.6) is 0 Å². The summed E-state index contributed by atoms with van der Waals surface area (Å²) >= 11 is 0. The van der Waals surface area contributed by atoms with E-state index in [1.54, 1.807) is 0 Å². The van der Waals surface area contributed by atoms with Crippen LogP contribution >= 0.6 is 24.8 Å². The van der Waals surface area contributed by atoms with Crippen LogP contribution in [0, 0.1) is 5.92 Å². The predicted octanol–water partition coefficient (Wildman–Crippen LogP) is 1.62. The number of carbonyl (C=O) groups is 1. The van der Waals surface area contributed by atoms with Gasteiger partial charge in [0.1, 0.15) is 0 Å². The van der Waals surface area contributed by atoms with Crippen molar-refractivity contribution in [3.63, 3.8) is 0 Å². The van der Waals surface area contributed by atoms with Gasteiger partial charge in [0.25, 0.3) is 5.91 Å². The summed E-state index contributed by atoms with van der Waals surface area (Å²) in [7, 11) is -2.87. The lowest BCUT2D eigenvalue weighted by molar-refractivity contribution is 0.0897. The van der Waals surface area contributed by atoms with Gasteiger partial charge in [0.05, 0.1) is 17.0 Å². The molecule has 0 aromatic heterocycles. The fourth-order valence-corrected chi connectivity index (χ4v) is 4.63. The van der Waals surface area contributed by atoms with Crippen molar-refractivity contribution in [2.45, 2.75) is 31.8 Å². The first-order valence-corrected chi connectivity index (χ1v) is 10.7. The summed E-state index contributed by atoms with van der Waals surface area (Å²) < 4.78 is 23.0. The maximum atomic E-state index is 12.6. The number of halogens is 2. The molecule has 1 amide bonds. The third-order valence-corrected chi connectivity index (χ3v) is 6.94. The Morgan fingerprint density at radius 2 is 1.89 bits per heavy atom. The lowest BCUT2D eigenvalue weighted by atomic mass is 9.95. The van der Waals surface area contributed by atoms with Gasteiger partial charge in [-0.2, -0.15) is 0 Å². The largest absolute Gasteiger partial charge is 0.345 e. The molecular formula is C18H29Cl2N3O3S. The number of benzene rings is 1. The first kappa shape index (κ1) is 24.2. The number of rotatable bonds is 6. The third kappa shape index (κ3) is 6.32. The summed E-state index contributed by atoms with van der Waals surface area (Å²) in [6, 6.07) is 7.55. The van der Waals surface area contributed by atoms with Crippen LogP contribution in [-0.4, -0.2) is 55.9 Å². The first-order valence-electron chi connectivity index (χ1n) is 8.86. The second kappa shape index (κ2) is 9.56. The van der Waals surface area contributed by atoms with Crippen molar-refractivity contribution in [2.75, 3.05) is 31.1 Å². The average molecular weight is 438 g/mol. The Morgan fingerprint density at radius 1 is 1.26 bits per heavy atom. The van der Waals surface area contributed by atoms with Crippen molar-refractivity contribution in [1.82, 2.24) is 10.2 Å². The van der Waals surface area contributed by atoms with Crippen LogP contribution in [0.4, 0.5) is 0 Å². The van der Waals surface area contributed by atoms with Gasteiger partial charge < -0.3 is 11.1 Å². The van der Waals surface area contributed by atoms with E-state index in [1.807, 2.05) is 31.2 Å². The Labute approximate surface area is 174 Å². The SMILES string of the molecule is CC(CN)(NC(=O)c1cccc(CN2CCS(=O)(=O)CC2)c1)C1CC1.Cl.Cl. The van der Waals surface area contributed by atoms with Crippen LogP contribution in [-0.2, 0) is 16.4 Å². The smallest absolute Gasteiger partial charge is 0.251 e. The van der Waals surface area contributed by atoms with Crippen LogP contribution < -0.4 is 11.1 Å². The number of hydrogen-bond acceptors (Lipinski definition) is 5. The summed E-state index contributed by atoms with van der Waals surface area (Å²) in [6.45, 7) is 4.21. The summed E-state index contributed by atoms with van der Waals surface area (Å²) in [5, 5.41) is 3.11. The minimum atomic E-state index is -2.87. The zero-order valence-corrected chi connectivity index (χ0v) is 18.0. The molecule has 0 radical (unpaired) electrons. The molecule has 1 aliphatic heterocycles. The normalized spacial score (nSPS) is 21.3. The van der Waals surface area contributed by atoms with E-state index in [9.17, 15) is 13.2 Å². The van der Waals surface area contributed by atoms with E-state index in [2.05, 4.69) is 10.2 Å². The van der Waals surface area contributed by atoms with Crippen molar-refractivity contribution < 1.29 is 13.2 Å². The zero-order valence-electron chi connectivity index (χ0n) is 15.5. The molecule has 1 saturated heterocycles. The average Bonchev–Trinajstić information content (AvgIpc) is 3.42. The molecule has 1 aliphatic carbocycles. The highest BCUT2D eigenvalue weighted by Gasteiger charge is 2.41. The van der Waals surface area contributed by atoms with Crippen LogP contribution in [0.2, 0.25) is 0 Å². The summed E-state index contributed by atoms with van der Waals surface area (Å²) in [5.74, 6) is 0.801. The Bertz CT molecular complexity index is 742. The van der Waals surface area contributed by atoms with E-state index < -0.39 is 9.84 Å². The molecule has 1 aromatic carbocycles. The van der Waals surface area contributed by atoms with Gasteiger partial charge in [-0.05, 0) is 43.4 Å². The van der Waals surface area contributed by atoms with E-state index >= 15 is 0 Å². The molecule has 2 aliphatic rings. The third-order valence-electron chi connectivity index (χ3n) is 5.33. The van der Waals surface area contributed by atoms with Gasteiger partial charge in [0.15, 0.2) is 9.84 Å². The molecule has 9 heteroatoms. The monoisotopic (exact) mass is 437 g/mol. The standard InChI is InChI=1S/C18H27N3O3S.2ClH/c1-18(13-19,16-5-6-16)20-17(22)15-4-2-3-14(11-15)12-21-7-9-25(23,24)10-8-21;;/h2-4,11,16H,5-10,12-13,19H2,1H3,(H,20,22);2*1H. The van der Waals surface area contributed by atoms with Crippen LogP contribution in [0.1, 0.15) is 35.7 Å². The number of hydrogen-bond donors (Lipinski definition) is 2. The van der Waals surface area contributed by atoms with Crippen molar-refractivity contribution >= 4 is 40.6 Å². The van der Waals surface area contributed by atoms with Crippen molar-refractivity contribution in [2.24, 2.45) is 11.7 Å². The van der Waals surface area contributed by atoms with E-state index in [1.165, 1.54) is 0 Å². The highest BCUT2D eigenvalue weighted by atomic mass is 35.5. The fourth-order valence-electron chi connectivity index (χ4n) is 3.35. The molecule has 1 aromatic rings. The molecule has 1 atom stereocenters. The maximum absolute atomic E-state index is 12.6. The van der Waals surface area contributed by atoms with Crippen LogP contribution in [0.25, 0.3) is 0 Å². The van der Waals surface area contributed by atoms with Gasteiger partial charge in [0, 0.05) is 31.7 Å². The molecule has 1 unspecified atom stereocenters. The molecular weight excluding hydrogens is 409 g/mol. The van der Waals surface area contributed by atoms with E-state index in [0.717, 1.165) is 18.4 Å². The second-order valence-electron chi connectivity index (χ2n) is 7.48. The Morgan fingerprint density at radius 3 is 2.44 bits per heavy atom. The molecule has 27 heavy (non-hydrogen) atoms. The van der Waals surface area contributed by atoms with Crippen molar-refractivity contribution in [1.29, 1.82) is 0 Å². The topological polar surface area (TPSA) is 92.5 Å². The molecule has 3 rings (SSSR count). The molecule has 3 N–H and O–H groups in total. The van der Waals surface area contributed by atoms with Crippen molar-refractivity contribution in [3.8, 4) is 0 Å². The van der Waals surface area contributed by atoms with Crippen molar-refractivity contribution in [3.05, 3.63) is 35.4 Å². The van der Waals surface area contributed by atoms with E-state index in [-0.39, 0.29) is 47.8 Å². The highest BCUT2D eigenvalue weighted by Crippen LogP contribution is 2.39. The Balaban J connectivity index is 0.00000182. The van der Waals surface area contributed by atoms with Gasteiger partial charge in [-0.15, -0.1) is 24.8 Å². The summed E-state index contributed by atoms with van der Waals surface area (Å²) in [5.41, 5.74) is 7.19. The quantitative estimate of drug-likeness (QED) is 0.704. The fraction of sp³-hybridized carbons (Fsp3) is 0.611.